The van der Waals surface area contributed by atoms with Crippen molar-refractivity contribution in [2.45, 2.75) is 38.3 Å². The Kier molecular flexibility index (Phi) is 8.54. The first-order chi connectivity index (χ1) is 12.7. The third-order valence-electron chi connectivity index (χ3n) is 5.30. The minimum absolute atomic E-state index is 0. The molecule has 3 rings (SSSR count). The number of halogens is 1. The van der Waals surface area contributed by atoms with Gasteiger partial charge in [-0.25, -0.2) is 0 Å². The maximum absolute atomic E-state index is 13.0. The zero-order valence-electron chi connectivity index (χ0n) is 15.9. The smallest absolute Gasteiger partial charge is 0.254 e. The molecule has 0 aromatic heterocycles. The Morgan fingerprint density at radius 1 is 1.26 bits per heavy atom. The van der Waals surface area contributed by atoms with Crippen LogP contribution in [0, 0.1) is 5.92 Å². The van der Waals surface area contributed by atoms with E-state index in [0.717, 1.165) is 44.3 Å². The summed E-state index contributed by atoms with van der Waals surface area (Å²) in [5.41, 5.74) is 1.64. The molecule has 2 heterocycles. The molecule has 27 heavy (non-hydrogen) atoms. The fourth-order valence-corrected chi connectivity index (χ4v) is 3.87. The molecule has 0 spiro atoms. The average molecular weight is 396 g/mol. The van der Waals surface area contributed by atoms with Crippen LogP contribution in [0.2, 0.25) is 0 Å². The lowest BCUT2D eigenvalue weighted by Crippen LogP contribution is -2.46. The van der Waals surface area contributed by atoms with E-state index in [4.69, 9.17) is 4.74 Å². The number of methoxy groups -OCH3 is 1. The number of hydrogen-bond donors (Lipinski definition) is 2. The van der Waals surface area contributed by atoms with Crippen LogP contribution < -0.4 is 10.6 Å². The normalized spacial score (nSPS) is 22.2. The molecule has 0 saturated carbocycles. The van der Waals surface area contributed by atoms with Crippen LogP contribution in [0.4, 0.5) is 0 Å². The number of ether oxygens (including phenoxy) is 1. The van der Waals surface area contributed by atoms with Gasteiger partial charge in [0.2, 0.25) is 5.91 Å². The van der Waals surface area contributed by atoms with Crippen molar-refractivity contribution >= 4 is 24.2 Å². The van der Waals surface area contributed by atoms with E-state index in [9.17, 15) is 9.59 Å². The summed E-state index contributed by atoms with van der Waals surface area (Å²) in [4.78, 5) is 27.1. The van der Waals surface area contributed by atoms with Crippen LogP contribution in [0.1, 0.15) is 41.6 Å². The first-order valence-corrected chi connectivity index (χ1v) is 9.56. The van der Waals surface area contributed by atoms with Gasteiger partial charge in [0.15, 0.2) is 0 Å². The zero-order valence-corrected chi connectivity index (χ0v) is 16.7. The van der Waals surface area contributed by atoms with Crippen molar-refractivity contribution in [1.29, 1.82) is 0 Å². The van der Waals surface area contributed by atoms with Gasteiger partial charge in [0, 0.05) is 32.3 Å². The lowest BCUT2D eigenvalue weighted by Gasteiger charge is -2.33. The van der Waals surface area contributed by atoms with E-state index in [-0.39, 0.29) is 30.3 Å². The second-order valence-electron chi connectivity index (χ2n) is 7.24. The molecule has 0 radical (unpaired) electrons. The van der Waals surface area contributed by atoms with Gasteiger partial charge in [-0.05, 0) is 49.8 Å². The average Bonchev–Trinajstić information content (AvgIpc) is 3.21. The van der Waals surface area contributed by atoms with Gasteiger partial charge < -0.3 is 20.3 Å². The highest BCUT2D eigenvalue weighted by Gasteiger charge is 2.27. The van der Waals surface area contributed by atoms with Crippen LogP contribution in [0.5, 0.6) is 0 Å². The Morgan fingerprint density at radius 3 is 2.81 bits per heavy atom. The second kappa shape index (κ2) is 10.6. The van der Waals surface area contributed by atoms with E-state index >= 15 is 0 Å². The number of nitrogens with one attached hydrogen (secondary N) is 2. The van der Waals surface area contributed by atoms with Gasteiger partial charge in [0.25, 0.3) is 5.91 Å². The number of nitrogens with zero attached hydrogens (tertiary/aromatic N) is 1. The third kappa shape index (κ3) is 5.67. The maximum Gasteiger partial charge on any atom is 0.254 e. The van der Waals surface area contributed by atoms with Gasteiger partial charge in [0.1, 0.15) is 0 Å². The molecule has 1 aromatic rings. The molecule has 2 saturated heterocycles. The van der Waals surface area contributed by atoms with Crippen molar-refractivity contribution in [3.8, 4) is 0 Å². The second-order valence-corrected chi connectivity index (χ2v) is 7.24. The fourth-order valence-electron chi connectivity index (χ4n) is 3.87. The van der Waals surface area contributed by atoms with Gasteiger partial charge in [-0.3, -0.25) is 9.59 Å². The Morgan fingerprint density at radius 2 is 2.07 bits per heavy atom. The lowest BCUT2D eigenvalue weighted by molar-refractivity contribution is -0.123. The van der Waals surface area contributed by atoms with Crippen molar-refractivity contribution < 1.29 is 14.3 Å². The van der Waals surface area contributed by atoms with Crippen molar-refractivity contribution in [2.75, 3.05) is 33.3 Å². The lowest BCUT2D eigenvalue weighted by atomic mass is 9.96. The number of rotatable bonds is 6. The van der Waals surface area contributed by atoms with E-state index in [1.165, 1.54) is 0 Å². The van der Waals surface area contributed by atoms with Crippen LogP contribution in [0.15, 0.2) is 24.3 Å². The summed E-state index contributed by atoms with van der Waals surface area (Å²) in [6.07, 6.45) is 3.99. The van der Waals surface area contributed by atoms with Gasteiger partial charge in [-0.15, -0.1) is 12.4 Å². The topological polar surface area (TPSA) is 70.7 Å². The van der Waals surface area contributed by atoms with E-state index in [1.54, 1.807) is 7.11 Å². The van der Waals surface area contributed by atoms with Crippen LogP contribution in [-0.2, 0) is 16.1 Å². The summed E-state index contributed by atoms with van der Waals surface area (Å²) in [6.45, 7) is 3.46. The van der Waals surface area contributed by atoms with E-state index in [2.05, 4.69) is 10.6 Å². The largest absolute Gasteiger partial charge is 0.380 e. The molecule has 2 amide bonds. The molecule has 0 aliphatic carbocycles. The monoisotopic (exact) mass is 395 g/mol. The van der Waals surface area contributed by atoms with Crippen LogP contribution >= 0.6 is 12.4 Å². The molecular weight excluding hydrogens is 366 g/mol. The molecular formula is C20H30ClN3O3. The Balaban J connectivity index is 0.00000261. The van der Waals surface area contributed by atoms with Gasteiger partial charge in [-0.2, -0.15) is 0 Å². The number of likely N-dealkylation sites (tertiary alicyclic amines) is 1. The minimum Gasteiger partial charge on any atom is -0.380 e. The van der Waals surface area contributed by atoms with Crippen molar-refractivity contribution in [1.82, 2.24) is 15.5 Å². The number of carbonyl (C=O) groups excluding carboxylic acids is 2. The van der Waals surface area contributed by atoms with Gasteiger partial charge >= 0.3 is 0 Å². The highest BCUT2D eigenvalue weighted by atomic mass is 35.5. The van der Waals surface area contributed by atoms with Crippen LogP contribution in [-0.4, -0.2) is 56.0 Å². The summed E-state index contributed by atoms with van der Waals surface area (Å²) in [7, 11) is 1.64. The number of benzene rings is 1. The molecule has 2 unspecified atom stereocenters. The summed E-state index contributed by atoms with van der Waals surface area (Å²) in [5, 5.41) is 6.29. The first kappa shape index (κ1) is 21.7. The quantitative estimate of drug-likeness (QED) is 0.772. The molecule has 1 aromatic carbocycles. The fraction of sp³-hybridized carbons (Fsp3) is 0.600. The Hall–Kier alpha value is -1.63. The van der Waals surface area contributed by atoms with Crippen molar-refractivity contribution in [2.24, 2.45) is 5.92 Å². The summed E-state index contributed by atoms with van der Waals surface area (Å²) >= 11 is 0. The standard InChI is InChI=1S/C20H29N3O3.ClH/c1-26-14-16-7-2-3-8-17(16)20(25)23-11-5-6-15(13-23)12-22-19(24)18-9-4-10-21-18;/h2-3,7-8,15,18,21H,4-6,9-14H2,1H3,(H,22,24);1H. The predicted molar refractivity (Wildman–Crippen MR) is 107 cm³/mol. The molecule has 2 fully saturated rings. The van der Waals surface area contributed by atoms with Crippen molar-refractivity contribution in [3.63, 3.8) is 0 Å². The first-order valence-electron chi connectivity index (χ1n) is 9.56. The number of amides is 2. The summed E-state index contributed by atoms with van der Waals surface area (Å²) in [5.74, 6) is 0.468. The number of piperidine rings is 1. The third-order valence-corrected chi connectivity index (χ3v) is 5.30. The van der Waals surface area contributed by atoms with E-state index in [0.29, 0.717) is 31.2 Å². The predicted octanol–water partition coefficient (Wildman–Crippen LogP) is 1.98. The molecule has 0 bridgehead atoms. The van der Waals surface area contributed by atoms with Gasteiger partial charge in [-0.1, -0.05) is 18.2 Å². The molecule has 2 atom stereocenters. The molecule has 2 aliphatic heterocycles. The highest BCUT2D eigenvalue weighted by Crippen LogP contribution is 2.20. The zero-order chi connectivity index (χ0) is 18.4. The SMILES string of the molecule is COCc1ccccc1C(=O)N1CCCC(CNC(=O)C2CCCN2)C1.Cl. The highest BCUT2D eigenvalue weighted by molar-refractivity contribution is 5.95. The molecule has 6 nitrogen and oxygen atoms in total. The van der Waals surface area contributed by atoms with Crippen LogP contribution in [0.3, 0.4) is 0 Å². The summed E-state index contributed by atoms with van der Waals surface area (Å²) < 4.78 is 5.22. The Bertz CT molecular complexity index is 635. The molecule has 150 valence electrons. The van der Waals surface area contributed by atoms with Gasteiger partial charge in [0.05, 0.1) is 12.6 Å². The number of hydrogen-bond acceptors (Lipinski definition) is 4. The van der Waals surface area contributed by atoms with Crippen LogP contribution in [0.25, 0.3) is 0 Å². The van der Waals surface area contributed by atoms with E-state index in [1.807, 2.05) is 29.2 Å². The van der Waals surface area contributed by atoms with Crippen molar-refractivity contribution in [3.05, 3.63) is 35.4 Å². The molecule has 2 N–H and O–H groups in total. The summed E-state index contributed by atoms with van der Waals surface area (Å²) in [6, 6.07) is 7.58. The maximum atomic E-state index is 13.0. The molecule has 2 aliphatic rings. The Labute approximate surface area is 167 Å². The minimum atomic E-state index is -0.0442. The van der Waals surface area contributed by atoms with E-state index < -0.39 is 0 Å². The number of carbonyl (C=O) groups is 2. The molecule has 7 heteroatoms.